The second-order valence-corrected chi connectivity index (χ2v) is 3.48. The Morgan fingerprint density at radius 1 is 1.59 bits per heavy atom. The second-order valence-electron chi connectivity index (χ2n) is 3.48. The van der Waals surface area contributed by atoms with Crippen molar-refractivity contribution >= 4 is 11.9 Å². The third kappa shape index (κ3) is 4.26. The van der Waals surface area contributed by atoms with Crippen molar-refractivity contribution in [1.82, 2.24) is 9.97 Å². The summed E-state index contributed by atoms with van der Waals surface area (Å²) in [6.07, 6.45) is 2.83. The summed E-state index contributed by atoms with van der Waals surface area (Å²) < 4.78 is 5.21. The Bertz CT molecular complexity index is 371. The van der Waals surface area contributed by atoms with Crippen molar-refractivity contribution in [2.75, 3.05) is 11.9 Å². The topological polar surface area (TPSA) is 84.3 Å². The number of rotatable bonds is 7. The molecule has 1 aromatic rings. The van der Waals surface area contributed by atoms with Crippen LogP contribution in [0.1, 0.15) is 26.7 Å². The molecule has 0 spiro atoms. The molecule has 94 valence electrons. The summed E-state index contributed by atoms with van der Waals surface area (Å²) in [5.41, 5.74) is 0. The van der Waals surface area contributed by atoms with E-state index in [2.05, 4.69) is 15.3 Å². The molecule has 0 aromatic carbocycles. The molecule has 1 aromatic heterocycles. The summed E-state index contributed by atoms with van der Waals surface area (Å²) in [4.78, 5) is 19.0. The summed E-state index contributed by atoms with van der Waals surface area (Å²) in [5.74, 6) is -0.195. The van der Waals surface area contributed by atoms with E-state index in [-0.39, 0.29) is 5.95 Å². The van der Waals surface area contributed by atoms with E-state index in [1.54, 1.807) is 6.07 Å². The highest BCUT2D eigenvalue weighted by Crippen LogP contribution is 2.10. The highest BCUT2D eigenvalue weighted by atomic mass is 16.5. The van der Waals surface area contributed by atoms with Crippen molar-refractivity contribution in [3.63, 3.8) is 0 Å². The summed E-state index contributed by atoms with van der Waals surface area (Å²) in [5, 5.41) is 11.8. The van der Waals surface area contributed by atoms with Crippen molar-refractivity contribution in [2.45, 2.75) is 32.7 Å². The molecule has 2 N–H and O–H groups in total. The molecule has 17 heavy (non-hydrogen) atoms. The summed E-state index contributed by atoms with van der Waals surface area (Å²) in [6.45, 7) is 4.29. The lowest BCUT2D eigenvalue weighted by atomic mass is 10.2. The molecule has 1 rings (SSSR count). The Hall–Kier alpha value is -1.85. The van der Waals surface area contributed by atoms with Gasteiger partial charge in [-0.3, -0.25) is 0 Å². The number of hydrogen-bond donors (Lipinski definition) is 2. The van der Waals surface area contributed by atoms with Crippen LogP contribution in [0.4, 0.5) is 5.95 Å². The van der Waals surface area contributed by atoms with Crippen LogP contribution in [-0.4, -0.2) is 33.7 Å². The minimum Gasteiger partial charge on any atom is -0.480 e. The Morgan fingerprint density at radius 2 is 2.35 bits per heavy atom. The Morgan fingerprint density at radius 3 is 2.94 bits per heavy atom. The van der Waals surface area contributed by atoms with E-state index in [1.807, 2.05) is 13.8 Å². The van der Waals surface area contributed by atoms with Crippen LogP contribution >= 0.6 is 0 Å². The molecule has 1 atom stereocenters. The zero-order valence-corrected chi connectivity index (χ0v) is 10.0. The minimum absolute atomic E-state index is 0.275. The number of hydrogen-bond acceptors (Lipinski definition) is 5. The van der Waals surface area contributed by atoms with Gasteiger partial charge in [-0.2, -0.15) is 4.98 Å². The number of carboxylic acid groups (broad SMARTS) is 1. The number of aliphatic carboxylic acids is 1. The van der Waals surface area contributed by atoms with E-state index in [0.717, 1.165) is 6.42 Å². The van der Waals surface area contributed by atoms with Crippen molar-refractivity contribution < 1.29 is 14.6 Å². The monoisotopic (exact) mass is 239 g/mol. The maximum atomic E-state index is 11.0. The molecule has 6 nitrogen and oxygen atoms in total. The average molecular weight is 239 g/mol. The maximum Gasteiger partial charge on any atom is 0.326 e. The van der Waals surface area contributed by atoms with Crippen LogP contribution in [0.25, 0.3) is 0 Å². The van der Waals surface area contributed by atoms with Crippen molar-refractivity contribution in [2.24, 2.45) is 0 Å². The van der Waals surface area contributed by atoms with E-state index >= 15 is 0 Å². The molecule has 0 amide bonds. The van der Waals surface area contributed by atoms with Gasteiger partial charge in [0.05, 0.1) is 6.61 Å². The molecule has 0 saturated carbocycles. The van der Waals surface area contributed by atoms with Gasteiger partial charge in [-0.25, -0.2) is 9.78 Å². The van der Waals surface area contributed by atoms with Gasteiger partial charge in [-0.1, -0.05) is 13.3 Å². The van der Waals surface area contributed by atoms with Gasteiger partial charge >= 0.3 is 5.97 Å². The molecule has 0 aliphatic rings. The number of anilines is 1. The van der Waals surface area contributed by atoms with Gasteiger partial charge in [0.25, 0.3) is 0 Å². The van der Waals surface area contributed by atoms with Crippen LogP contribution in [0.3, 0.4) is 0 Å². The first kappa shape index (κ1) is 13.2. The number of nitrogens with zero attached hydrogens (tertiary/aromatic N) is 2. The standard InChI is InChI=1S/C11H17N3O3/c1-3-5-8(10(15)16)13-11-12-7-6-9(14-11)17-4-2/h6-8H,3-5H2,1-2H3,(H,15,16)(H,12,13,14). The first-order valence-electron chi connectivity index (χ1n) is 5.62. The third-order valence-corrected chi connectivity index (χ3v) is 2.10. The van der Waals surface area contributed by atoms with Crippen molar-refractivity contribution in [1.29, 1.82) is 0 Å². The van der Waals surface area contributed by atoms with Gasteiger partial charge < -0.3 is 15.2 Å². The zero-order chi connectivity index (χ0) is 12.7. The van der Waals surface area contributed by atoms with E-state index in [9.17, 15) is 4.79 Å². The zero-order valence-electron chi connectivity index (χ0n) is 10.0. The Balaban J connectivity index is 2.71. The fraction of sp³-hybridized carbons (Fsp3) is 0.545. The van der Waals surface area contributed by atoms with Crippen LogP contribution in [0.15, 0.2) is 12.3 Å². The van der Waals surface area contributed by atoms with Crippen molar-refractivity contribution in [3.05, 3.63) is 12.3 Å². The number of carboxylic acids is 1. The molecule has 0 aliphatic heterocycles. The predicted octanol–water partition coefficient (Wildman–Crippen LogP) is 1.54. The molecule has 0 bridgehead atoms. The van der Waals surface area contributed by atoms with E-state index < -0.39 is 12.0 Å². The number of carbonyl (C=O) groups is 1. The van der Waals surface area contributed by atoms with Crippen LogP contribution < -0.4 is 10.1 Å². The Kier molecular flexibility index (Phi) is 5.19. The molecule has 1 unspecified atom stereocenters. The molecule has 0 aliphatic carbocycles. The van der Waals surface area contributed by atoms with E-state index in [4.69, 9.17) is 9.84 Å². The number of nitrogens with one attached hydrogen (secondary N) is 1. The Labute approximate surface area is 100 Å². The molecular weight excluding hydrogens is 222 g/mol. The molecule has 0 saturated heterocycles. The van der Waals surface area contributed by atoms with Crippen LogP contribution in [-0.2, 0) is 4.79 Å². The van der Waals surface area contributed by atoms with Gasteiger partial charge in [-0.15, -0.1) is 0 Å². The van der Waals surface area contributed by atoms with Gasteiger partial charge in [-0.05, 0) is 13.3 Å². The van der Waals surface area contributed by atoms with E-state index in [0.29, 0.717) is 18.9 Å². The molecule has 6 heteroatoms. The summed E-state index contributed by atoms with van der Waals surface area (Å²) in [6, 6.07) is 0.960. The lowest BCUT2D eigenvalue weighted by Gasteiger charge is -2.13. The first-order valence-corrected chi connectivity index (χ1v) is 5.62. The highest BCUT2D eigenvalue weighted by Gasteiger charge is 2.17. The van der Waals surface area contributed by atoms with Crippen LogP contribution in [0.2, 0.25) is 0 Å². The fourth-order valence-corrected chi connectivity index (χ4v) is 1.34. The minimum atomic E-state index is -0.905. The predicted molar refractivity (Wildman–Crippen MR) is 63.2 cm³/mol. The molecule has 1 heterocycles. The average Bonchev–Trinajstić information content (AvgIpc) is 2.29. The lowest BCUT2D eigenvalue weighted by Crippen LogP contribution is -2.29. The van der Waals surface area contributed by atoms with Crippen LogP contribution in [0, 0.1) is 0 Å². The molecule has 0 radical (unpaired) electrons. The number of ether oxygens (including phenoxy) is 1. The van der Waals surface area contributed by atoms with Gasteiger partial charge in [0.1, 0.15) is 6.04 Å². The molecular formula is C11H17N3O3. The van der Waals surface area contributed by atoms with Gasteiger partial charge in [0, 0.05) is 12.3 Å². The normalized spacial score (nSPS) is 11.9. The van der Waals surface area contributed by atoms with Gasteiger partial charge in [0.15, 0.2) is 0 Å². The molecule has 0 fully saturated rings. The highest BCUT2D eigenvalue weighted by molar-refractivity contribution is 5.76. The second kappa shape index (κ2) is 6.67. The largest absolute Gasteiger partial charge is 0.480 e. The fourth-order valence-electron chi connectivity index (χ4n) is 1.34. The third-order valence-electron chi connectivity index (χ3n) is 2.10. The smallest absolute Gasteiger partial charge is 0.326 e. The summed E-state index contributed by atoms with van der Waals surface area (Å²) >= 11 is 0. The maximum absolute atomic E-state index is 11.0. The first-order chi connectivity index (χ1) is 8.17. The van der Waals surface area contributed by atoms with Crippen LogP contribution in [0.5, 0.6) is 5.88 Å². The van der Waals surface area contributed by atoms with E-state index in [1.165, 1.54) is 6.20 Å². The van der Waals surface area contributed by atoms with Gasteiger partial charge in [0.2, 0.25) is 11.8 Å². The lowest BCUT2D eigenvalue weighted by molar-refractivity contribution is -0.138. The quantitative estimate of drug-likeness (QED) is 0.750. The van der Waals surface area contributed by atoms with Crippen molar-refractivity contribution in [3.8, 4) is 5.88 Å². The summed E-state index contributed by atoms with van der Waals surface area (Å²) in [7, 11) is 0. The SMILES string of the molecule is CCCC(Nc1nccc(OCC)n1)C(=O)O. The number of aromatic nitrogens is 2.